The van der Waals surface area contributed by atoms with Gasteiger partial charge in [-0.25, -0.2) is 4.39 Å². The number of hydrogen-bond acceptors (Lipinski definition) is 4. The summed E-state index contributed by atoms with van der Waals surface area (Å²) in [5, 5.41) is 15.6. The van der Waals surface area contributed by atoms with Crippen molar-refractivity contribution in [2.75, 3.05) is 10.6 Å². The molecule has 7 heteroatoms. The van der Waals surface area contributed by atoms with Crippen LogP contribution in [0.1, 0.15) is 38.7 Å². The van der Waals surface area contributed by atoms with E-state index in [1.807, 2.05) is 6.92 Å². The Balaban J connectivity index is 1.72. The number of para-hydroxylation sites is 1. The van der Waals surface area contributed by atoms with Crippen LogP contribution < -0.4 is 10.6 Å². The maximum atomic E-state index is 13.9. The zero-order valence-electron chi connectivity index (χ0n) is 15.0. The van der Waals surface area contributed by atoms with E-state index in [0.717, 1.165) is 16.7 Å². The SMILES string of the molecule is Cc1c(C(=O)Nc2ccccc2F)sc2c1[C@H](c1ccc(O)cc1)CC(=O)N2. The molecule has 0 aliphatic carbocycles. The van der Waals surface area contributed by atoms with Gasteiger partial charge in [0.25, 0.3) is 5.91 Å². The lowest BCUT2D eigenvalue weighted by molar-refractivity contribution is -0.116. The standard InChI is InChI=1S/C21H17FN2O3S/c1-11-18-14(12-6-8-13(25)9-7-12)10-17(26)24-21(18)28-19(11)20(27)23-16-5-3-2-4-15(16)22/h2-9,14,25H,10H2,1H3,(H,23,27)(H,24,26)/t14-/m0/s1. The number of amides is 2. The number of carbonyl (C=O) groups is 2. The fourth-order valence-electron chi connectivity index (χ4n) is 3.45. The lowest BCUT2D eigenvalue weighted by Gasteiger charge is -2.24. The Morgan fingerprint density at radius 2 is 1.93 bits per heavy atom. The summed E-state index contributed by atoms with van der Waals surface area (Å²) in [6.45, 7) is 1.83. The molecule has 0 saturated carbocycles. The Morgan fingerprint density at radius 3 is 2.64 bits per heavy atom. The molecule has 2 aromatic carbocycles. The predicted octanol–water partition coefficient (Wildman–Crippen LogP) is 4.63. The molecule has 5 nitrogen and oxygen atoms in total. The molecule has 0 bridgehead atoms. The van der Waals surface area contributed by atoms with Gasteiger partial charge >= 0.3 is 0 Å². The highest BCUT2D eigenvalue weighted by Gasteiger charge is 2.33. The molecule has 1 aliphatic rings. The Morgan fingerprint density at radius 1 is 1.21 bits per heavy atom. The van der Waals surface area contributed by atoms with Gasteiger partial charge < -0.3 is 15.7 Å². The number of aromatic hydroxyl groups is 1. The minimum Gasteiger partial charge on any atom is -0.508 e. The zero-order chi connectivity index (χ0) is 19.8. The normalized spacial score (nSPS) is 15.6. The average molecular weight is 396 g/mol. The van der Waals surface area contributed by atoms with Crippen LogP contribution in [0.15, 0.2) is 48.5 Å². The summed E-state index contributed by atoms with van der Waals surface area (Å²) in [5.74, 6) is -1.12. The molecule has 3 N–H and O–H groups in total. The number of anilines is 2. The molecule has 0 fully saturated rings. The first-order chi connectivity index (χ1) is 13.4. The quantitative estimate of drug-likeness (QED) is 0.604. The number of rotatable bonds is 3. The first kappa shape index (κ1) is 18.2. The third-order valence-electron chi connectivity index (χ3n) is 4.81. The van der Waals surface area contributed by atoms with Gasteiger partial charge in [-0.15, -0.1) is 11.3 Å². The van der Waals surface area contributed by atoms with Gasteiger partial charge in [-0.3, -0.25) is 9.59 Å². The van der Waals surface area contributed by atoms with Crippen LogP contribution in [0.3, 0.4) is 0 Å². The maximum Gasteiger partial charge on any atom is 0.266 e. The van der Waals surface area contributed by atoms with E-state index in [1.165, 1.54) is 23.5 Å². The van der Waals surface area contributed by atoms with Gasteiger partial charge in [0.15, 0.2) is 0 Å². The predicted molar refractivity (Wildman–Crippen MR) is 107 cm³/mol. The molecule has 0 radical (unpaired) electrons. The molecule has 0 unspecified atom stereocenters. The van der Waals surface area contributed by atoms with Crippen molar-refractivity contribution in [3.05, 3.63) is 75.9 Å². The number of halogens is 1. The van der Waals surface area contributed by atoms with Gasteiger partial charge in [0.2, 0.25) is 5.91 Å². The second-order valence-electron chi connectivity index (χ2n) is 6.63. The number of fused-ring (bicyclic) bond motifs is 1. The molecule has 28 heavy (non-hydrogen) atoms. The maximum absolute atomic E-state index is 13.9. The van der Waals surface area contributed by atoms with Crippen molar-refractivity contribution in [1.82, 2.24) is 0 Å². The summed E-state index contributed by atoms with van der Waals surface area (Å²) >= 11 is 1.18. The minimum atomic E-state index is -0.509. The van der Waals surface area contributed by atoms with Crippen molar-refractivity contribution in [3.8, 4) is 5.75 Å². The molecule has 4 rings (SSSR count). The van der Waals surface area contributed by atoms with Crippen molar-refractivity contribution in [2.45, 2.75) is 19.3 Å². The number of hydrogen-bond donors (Lipinski definition) is 3. The number of carbonyl (C=O) groups excluding carboxylic acids is 2. The Labute approximate surface area is 164 Å². The lowest BCUT2D eigenvalue weighted by Crippen LogP contribution is -2.22. The van der Waals surface area contributed by atoms with Crippen LogP contribution in [0.2, 0.25) is 0 Å². The number of thiophene rings is 1. The summed E-state index contributed by atoms with van der Waals surface area (Å²) < 4.78 is 13.9. The Kier molecular flexibility index (Phi) is 4.60. The van der Waals surface area contributed by atoms with E-state index in [2.05, 4.69) is 10.6 Å². The Bertz CT molecular complexity index is 1080. The molecule has 142 valence electrons. The van der Waals surface area contributed by atoms with Crippen molar-refractivity contribution >= 4 is 33.8 Å². The van der Waals surface area contributed by atoms with Gasteiger partial charge in [-0.2, -0.15) is 0 Å². The summed E-state index contributed by atoms with van der Waals surface area (Å²) in [6.07, 6.45) is 0.254. The molecule has 1 aromatic heterocycles. The van der Waals surface area contributed by atoms with Crippen LogP contribution in [-0.2, 0) is 4.79 Å². The number of phenolic OH excluding ortho intramolecular Hbond substituents is 1. The highest BCUT2D eigenvalue weighted by atomic mass is 32.1. The Hall–Kier alpha value is -3.19. The van der Waals surface area contributed by atoms with E-state index in [1.54, 1.807) is 36.4 Å². The van der Waals surface area contributed by atoms with Crippen LogP contribution in [0.5, 0.6) is 5.75 Å². The summed E-state index contributed by atoms with van der Waals surface area (Å²) in [5.41, 5.74) is 2.63. The highest BCUT2D eigenvalue weighted by Crippen LogP contribution is 2.45. The highest BCUT2D eigenvalue weighted by molar-refractivity contribution is 7.18. The molecule has 0 spiro atoms. The summed E-state index contributed by atoms with van der Waals surface area (Å²) in [7, 11) is 0. The van der Waals surface area contributed by atoms with Crippen molar-refractivity contribution in [3.63, 3.8) is 0 Å². The molecule has 2 amide bonds. The number of benzene rings is 2. The third kappa shape index (κ3) is 3.25. The van der Waals surface area contributed by atoms with E-state index in [4.69, 9.17) is 0 Å². The van der Waals surface area contributed by atoms with Gasteiger partial charge in [-0.05, 0) is 47.9 Å². The van der Waals surface area contributed by atoms with Gasteiger partial charge in [0.05, 0.1) is 15.6 Å². The van der Waals surface area contributed by atoms with E-state index >= 15 is 0 Å². The number of nitrogens with one attached hydrogen (secondary N) is 2. The number of phenols is 1. The van der Waals surface area contributed by atoms with Gasteiger partial charge in [0.1, 0.15) is 11.6 Å². The van der Waals surface area contributed by atoms with Crippen molar-refractivity contribution < 1.29 is 19.1 Å². The molecular formula is C21H17FN2O3S. The van der Waals surface area contributed by atoms with E-state index in [0.29, 0.717) is 9.88 Å². The van der Waals surface area contributed by atoms with Crippen LogP contribution >= 0.6 is 11.3 Å². The van der Waals surface area contributed by atoms with Crippen LogP contribution in [-0.4, -0.2) is 16.9 Å². The summed E-state index contributed by atoms with van der Waals surface area (Å²) in [6, 6.07) is 12.7. The zero-order valence-corrected chi connectivity index (χ0v) is 15.8. The monoisotopic (exact) mass is 396 g/mol. The molecular weight excluding hydrogens is 379 g/mol. The largest absolute Gasteiger partial charge is 0.508 e. The van der Waals surface area contributed by atoms with Crippen LogP contribution in [0, 0.1) is 12.7 Å². The minimum absolute atomic E-state index is 0.109. The lowest BCUT2D eigenvalue weighted by atomic mass is 9.85. The molecule has 1 atom stereocenters. The molecule has 1 aliphatic heterocycles. The first-order valence-corrected chi connectivity index (χ1v) is 9.53. The van der Waals surface area contributed by atoms with Crippen LogP contribution in [0.4, 0.5) is 15.1 Å². The fourth-order valence-corrected chi connectivity index (χ4v) is 4.63. The molecule has 3 aromatic rings. The van der Waals surface area contributed by atoms with Crippen molar-refractivity contribution in [1.29, 1.82) is 0 Å². The molecule has 0 saturated heterocycles. The third-order valence-corrected chi connectivity index (χ3v) is 6.03. The summed E-state index contributed by atoms with van der Waals surface area (Å²) in [4.78, 5) is 25.4. The van der Waals surface area contributed by atoms with E-state index in [9.17, 15) is 19.1 Å². The topological polar surface area (TPSA) is 78.4 Å². The molecule has 2 heterocycles. The van der Waals surface area contributed by atoms with E-state index in [-0.39, 0.29) is 29.7 Å². The van der Waals surface area contributed by atoms with Crippen molar-refractivity contribution in [2.24, 2.45) is 0 Å². The second-order valence-corrected chi connectivity index (χ2v) is 7.65. The average Bonchev–Trinajstić information content (AvgIpc) is 3.00. The second kappa shape index (κ2) is 7.09. The van der Waals surface area contributed by atoms with Gasteiger partial charge in [-0.1, -0.05) is 24.3 Å². The fraction of sp³-hybridized carbons (Fsp3) is 0.143. The van der Waals surface area contributed by atoms with Crippen LogP contribution in [0.25, 0.3) is 0 Å². The smallest absolute Gasteiger partial charge is 0.266 e. The first-order valence-electron chi connectivity index (χ1n) is 8.72. The van der Waals surface area contributed by atoms with Gasteiger partial charge in [0, 0.05) is 12.3 Å². The van der Waals surface area contributed by atoms with E-state index < -0.39 is 11.7 Å².